The van der Waals surface area contributed by atoms with E-state index >= 15 is 0 Å². The number of hydrogen-bond acceptors (Lipinski definition) is 5. The molecule has 1 atom stereocenters. The molecule has 0 aliphatic heterocycles. The number of aromatic nitrogens is 1. The number of esters is 1. The zero-order valence-corrected chi connectivity index (χ0v) is 17.1. The lowest BCUT2D eigenvalue weighted by atomic mass is 9.90. The summed E-state index contributed by atoms with van der Waals surface area (Å²) in [7, 11) is 0. The van der Waals surface area contributed by atoms with Crippen LogP contribution in [0.25, 0.3) is 22.3 Å². The summed E-state index contributed by atoms with van der Waals surface area (Å²) < 4.78 is 50.0. The molecule has 158 valence electrons. The third-order valence-corrected chi connectivity index (χ3v) is 5.81. The van der Waals surface area contributed by atoms with Crippen LogP contribution < -0.4 is 0 Å². The maximum atomic E-state index is 13.1. The van der Waals surface area contributed by atoms with E-state index in [1.165, 1.54) is 18.7 Å². The molecule has 2 aromatic heterocycles. The molecule has 4 nitrogen and oxygen atoms in total. The summed E-state index contributed by atoms with van der Waals surface area (Å²) in [6.07, 6.45) is -1.14. The van der Waals surface area contributed by atoms with Crippen LogP contribution in [0.3, 0.4) is 0 Å². The van der Waals surface area contributed by atoms with E-state index in [0.717, 1.165) is 21.9 Å². The molecule has 0 saturated carbocycles. The molecule has 0 N–H and O–H groups in total. The highest BCUT2D eigenvalue weighted by Gasteiger charge is 2.40. The van der Waals surface area contributed by atoms with Crippen LogP contribution in [-0.4, -0.2) is 29.5 Å². The first-order chi connectivity index (χ1) is 14.2. The Hall–Kier alpha value is -2.74. The van der Waals surface area contributed by atoms with Crippen molar-refractivity contribution in [3.63, 3.8) is 0 Å². The first kappa shape index (κ1) is 22.0. The Morgan fingerprint density at radius 2 is 2.10 bits per heavy atom. The van der Waals surface area contributed by atoms with E-state index in [0.29, 0.717) is 11.3 Å². The number of nitrogens with zero attached hydrogens (tertiary/aromatic N) is 1. The number of furan rings is 1. The van der Waals surface area contributed by atoms with Gasteiger partial charge < -0.3 is 9.15 Å². The summed E-state index contributed by atoms with van der Waals surface area (Å²) in [4.78, 5) is 16.2. The van der Waals surface area contributed by atoms with E-state index < -0.39 is 24.0 Å². The number of carbonyl (C=O) groups excluding carboxylic acids is 1. The van der Waals surface area contributed by atoms with E-state index in [9.17, 15) is 18.0 Å². The summed E-state index contributed by atoms with van der Waals surface area (Å²) in [5.74, 6) is 0.0327. The Morgan fingerprint density at radius 3 is 2.77 bits per heavy atom. The lowest BCUT2D eigenvalue weighted by molar-refractivity contribution is -0.165. The fourth-order valence-corrected chi connectivity index (χ4v) is 4.00. The molecule has 0 bridgehead atoms. The molecule has 2 heterocycles. The van der Waals surface area contributed by atoms with Gasteiger partial charge in [0.2, 0.25) is 0 Å². The average molecular weight is 435 g/mol. The number of alkyl halides is 3. The van der Waals surface area contributed by atoms with Crippen LogP contribution in [0.1, 0.15) is 13.3 Å². The topological polar surface area (TPSA) is 52.3 Å². The fraction of sp³-hybridized carbons (Fsp3) is 0.273. The van der Waals surface area contributed by atoms with Crippen molar-refractivity contribution in [1.29, 1.82) is 0 Å². The Bertz CT molecular complexity index is 1030. The van der Waals surface area contributed by atoms with E-state index in [2.05, 4.69) is 11.6 Å². The van der Waals surface area contributed by atoms with Gasteiger partial charge >= 0.3 is 12.1 Å². The molecule has 0 aliphatic rings. The molecule has 1 unspecified atom stereocenters. The molecular weight excluding hydrogens is 415 g/mol. The Morgan fingerprint density at radius 1 is 1.30 bits per heavy atom. The average Bonchev–Trinajstić information content (AvgIpc) is 3.13. The van der Waals surface area contributed by atoms with Crippen LogP contribution in [0.4, 0.5) is 13.2 Å². The minimum Gasteiger partial charge on any atom is -0.462 e. The van der Waals surface area contributed by atoms with Gasteiger partial charge in [0.15, 0.2) is 0 Å². The van der Waals surface area contributed by atoms with Gasteiger partial charge in [0.1, 0.15) is 11.3 Å². The largest absolute Gasteiger partial charge is 0.462 e. The summed E-state index contributed by atoms with van der Waals surface area (Å²) in [6.45, 7) is 4.37. The lowest BCUT2D eigenvalue weighted by Gasteiger charge is -2.29. The van der Waals surface area contributed by atoms with Crippen molar-refractivity contribution in [2.45, 2.75) is 24.4 Å². The second-order valence-corrected chi connectivity index (χ2v) is 8.30. The number of pyridine rings is 1. The maximum Gasteiger partial charge on any atom is 0.389 e. The highest BCUT2D eigenvalue weighted by molar-refractivity contribution is 7.99. The van der Waals surface area contributed by atoms with Gasteiger partial charge in [0.25, 0.3) is 0 Å². The minimum absolute atomic E-state index is 0.110. The number of halogens is 3. The van der Waals surface area contributed by atoms with Crippen molar-refractivity contribution in [3.8, 4) is 11.3 Å². The van der Waals surface area contributed by atoms with Gasteiger partial charge in [-0.15, -0.1) is 11.8 Å². The zero-order chi connectivity index (χ0) is 21.8. The SMILES string of the molecule is C=CC(=O)OCC(C)(CSc1ccc2cc(-c3cccnc3)oc2c1)CC(F)(F)F. The number of thioether (sulfide) groups is 1. The van der Waals surface area contributed by atoms with Crippen LogP contribution >= 0.6 is 11.8 Å². The van der Waals surface area contributed by atoms with Crippen molar-refractivity contribution >= 4 is 28.7 Å². The Labute approximate surface area is 176 Å². The quantitative estimate of drug-likeness (QED) is 0.237. The van der Waals surface area contributed by atoms with Gasteiger partial charge in [-0.05, 0) is 36.4 Å². The molecule has 3 rings (SSSR count). The highest BCUT2D eigenvalue weighted by atomic mass is 32.2. The number of carbonyl (C=O) groups is 1. The molecule has 0 spiro atoms. The fourth-order valence-electron chi connectivity index (χ4n) is 2.94. The molecule has 0 fully saturated rings. The predicted molar refractivity (Wildman–Crippen MR) is 110 cm³/mol. The standard InChI is InChI=1S/C22H20F3NO3S/c1-3-20(27)28-13-21(2,12-22(23,24)25)14-30-17-7-6-15-9-18(29-19(15)10-17)16-5-4-8-26-11-16/h3-11H,1,12-14H2,2H3. The van der Waals surface area contributed by atoms with Gasteiger partial charge in [0, 0.05) is 45.5 Å². The van der Waals surface area contributed by atoms with Crippen molar-refractivity contribution in [2.75, 3.05) is 12.4 Å². The van der Waals surface area contributed by atoms with Crippen molar-refractivity contribution in [2.24, 2.45) is 5.41 Å². The number of hydrogen-bond donors (Lipinski definition) is 0. The molecule has 30 heavy (non-hydrogen) atoms. The smallest absolute Gasteiger partial charge is 0.389 e. The number of benzene rings is 1. The third kappa shape index (κ3) is 5.89. The molecule has 0 saturated heterocycles. The van der Waals surface area contributed by atoms with Gasteiger partial charge in [-0.25, -0.2) is 4.79 Å². The van der Waals surface area contributed by atoms with Crippen LogP contribution in [0.15, 0.2) is 70.8 Å². The van der Waals surface area contributed by atoms with Crippen molar-refractivity contribution in [3.05, 3.63) is 61.4 Å². The van der Waals surface area contributed by atoms with Crippen molar-refractivity contribution in [1.82, 2.24) is 4.98 Å². The normalized spacial score (nSPS) is 13.7. The second-order valence-electron chi connectivity index (χ2n) is 7.26. The number of fused-ring (bicyclic) bond motifs is 1. The van der Waals surface area contributed by atoms with Crippen LogP contribution in [0.2, 0.25) is 0 Å². The molecule has 0 aliphatic carbocycles. The Balaban J connectivity index is 1.75. The summed E-state index contributed by atoms with van der Waals surface area (Å²) in [6, 6.07) is 11.1. The summed E-state index contributed by atoms with van der Waals surface area (Å²) >= 11 is 1.26. The van der Waals surface area contributed by atoms with Gasteiger partial charge in [-0.1, -0.05) is 13.5 Å². The molecule has 3 aromatic rings. The zero-order valence-electron chi connectivity index (χ0n) is 16.2. The van der Waals surface area contributed by atoms with Crippen LogP contribution in [-0.2, 0) is 9.53 Å². The van der Waals surface area contributed by atoms with E-state index in [4.69, 9.17) is 9.15 Å². The molecular formula is C22H20F3NO3S. The molecule has 0 amide bonds. The predicted octanol–water partition coefficient (Wildman–Crippen LogP) is 6.27. The number of ether oxygens (including phenoxy) is 1. The maximum absolute atomic E-state index is 13.1. The van der Waals surface area contributed by atoms with Crippen LogP contribution in [0, 0.1) is 5.41 Å². The molecule has 1 aromatic carbocycles. The monoisotopic (exact) mass is 435 g/mol. The third-order valence-electron chi connectivity index (χ3n) is 4.38. The van der Waals surface area contributed by atoms with E-state index in [1.807, 2.05) is 30.3 Å². The van der Waals surface area contributed by atoms with E-state index in [1.54, 1.807) is 18.5 Å². The second kappa shape index (κ2) is 8.95. The first-order valence-corrected chi connectivity index (χ1v) is 10.1. The highest BCUT2D eigenvalue weighted by Crippen LogP contribution is 2.39. The van der Waals surface area contributed by atoms with E-state index in [-0.39, 0.29) is 12.4 Å². The molecule has 0 radical (unpaired) electrons. The Kier molecular flexibility index (Phi) is 6.55. The minimum atomic E-state index is -4.38. The first-order valence-electron chi connectivity index (χ1n) is 9.10. The van der Waals surface area contributed by atoms with Crippen LogP contribution in [0.5, 0.6) is 0 Å². The van der Waals surface area contributed by atoms with Gasteiger partial charge in [0.05, 0.1) is 13.0 Å². The number of rotatable bonds is 8. The summed E-state index contributed by atoms with van der Waals surface area (Å²) in [5, 5.41) is 0.885. The lowest BCUT2D eigenvalue weighted by Crippen LogP contribution is -2.33. The van der Waals surface area contributed by atoms with Gasteiger partial charge in [-0.2, -0.15) is 13.2 Å². The van der Waals surface area contributed by atoms with Crippen molar-refractivity contribution < 1.29 is 27.1 Å². The molecule has 8 heteroatoms. The summed E-state index contributed by atoms with van der Waals surface area (Å²) in [5.41, 5.74) is 0.194. The van der Waals surface area contributed by atoms with Gasteiger partial charge in [-0.3, -0.25) is 4.98 Å².